The van der Waals surface area contributed by atoms with Gasteiger partial charge >= 0.3 is 0 Å². The van der Waals surface area contributed by atoms with E-state index in [1.165, 1.54) is 0 Å². The maximum atomic E-state index is 13.6. The Morgan fingerprint density at radius 2 is 1.22 bits per heavy atom. The Kier molecular flexibility index (Phi) is 5.60. The van der Waals surface area contributed by atoms with Crippen molar-refractivity contribution in [1.82, 2.24) is 0 Å². The lowest BCUT2D eigenvalue weighted by atomic mass is 9.82. The van der Waals surface area contributed by atoms with Crippen LogP contribution in [0, 0.1) is 13.8 Å². The number of ether oxygens (including phenoxy) is 2. The molecular weight excluding hydrogens is 336 g/mol. The maximum absolute atomic E-state index is 13.6. The zero-order chi connectivity index (χ0) is 19.4. The lowest BCUT2D eigenvalue weighted by Crippen LogP contribution is -2.17. The first-order valence-electron chi connectivity index (χ1n) is 8.93. The van der Waals surface area contributed by atoms with Crippen molar-refractivity contribution in [2.45, 2.75) is 19.8 Å². The molecule has 0 amide bonds. The van der Waals surface area contributed by atoms with Gasteiger partial charge in [0, 0.05) is 16.7 Å². The van der Waals surface area contributed by atoms with Crippen molar-refractivity contribution in [1.29, 1.82) is 0 Å². The molecule has 0 bridgehead atoms. The number of carbonyl (C=O) groups is 1. The molecule has 0 spiro atoms. The normalized spacial score (nSPS) is 10.7. The molecule has 3 aromatic rings. The first-order valence-corrected chi connectivity index (χ1v) is 8.93. The monoisotopic (exact) mass is 360 g/mol. The third-order valence-electron chi connectivity index (χ3n) is 4.71. The van der Waals surface area contributed by atoms with Gasteiger partial charge in [0.25, 0.3) is 0 Å². The van der Waals surface area contributed by atoms with E-state index in [9.17, 15) is 4.79 Å². The fourth-order valence-electron chi connectivity index (χ4n) is 3.38. The number of hydrogen-bond donors (Lipinski definition) is 0. The van der Waals surface area contributed by atoms with Gasteiger partial charge in [-0.15, -0.1) is 0 Å². The molecule has 0 atom stereocenters. The van der Waals surface area contributed by atoms with Gasteiger partial charge in [0.15, 0.2) is 5.78 Å². The minimum absolute atomic E-state index is 0.0170. The van der Waals surface area contributed by atoms with E-state index in [0.29, 0.717) is 17.1 Å². The smallest absolute Gasteiger partial charge is 0.174 e. The van der Waals surface area contributed by atoms with Crippen molar-refractivity contribution < 1.29 is 14.3 Å². The van der Waals surface area contributed by atoms with Crippen molar-refractivity contribution in [3.05, 3.63) is 94.5 Å². The van der Waals surface area contributed by atoms with E-state index in [2.05, 4.69) is 0 Å². The van der Waals surface area contributed by atoms with Crippen LogP contribution in [0.3, 0.4) is 0 Å². The molecule has 3 aromatic carbocycles. The fourth-order valence-corrected chi connectivity index (χ4v) is 3.38. The summed E-state index contributed by atoms with van der Waals surface area (Å²) < 4.78 is 11.2. The Morgan fingerprint density at radius 1 is 0.741 bits per heavy atom. The van der Waals surface area contributed by atoms with Gasteiger partial charge in [-0.1, -0.05) is 65.7 Å². The highest BCUT2D eigenvalue weighted by Crippen LogP contribution is 2.39. The number of carbonyl (C=O) groups excluding carboxylic acids is 1. The van der Waals surface area contributed by atoms with Crippen LogP contribution in [0.2, 0.25) is 0 Å². The van der Waals surface area contributed by atoms with E-state index in [1.807, 2.05) is 80.6 Å². The second kappa shape index (κ2) is 8.09. The Hall–Kier alpha value is -3.07. The predicted molar refractivity (Wildman–Crippen MR) is 108 cm³/mol. The molecule has 3 rings (SSSR count). The molecule has 0 N–H and O–H groups in total. The zero-order valence-corrected chi connectivity index (χ0v) is 16.2. The van der Waals surface area contributed by atoms with Crippen LogP contribution in [0.4, 0.5) is 0 Å². The molecule has 138 valence electrons. The number of benzene rings is 3. The molecular formula is C24H24O3. The number of ketones is 1. The molecule has 0 heterocycles. The van der Waals surface area contributed by atoms with Crippen molar-refractivity contribution in [2.75, 3.05) is 14.2 Å². The lowest BCUT2D eigenvalue weighted by molar-refractivity contribution is 0.0971. The summed E-state index contributed by atoms with van der Waals surface area (Å²) in [5.41, 5.74) is 4.49. The summed E-state index contributed by atoms with van der Waals surface area (Å²) in [6, 6.07) is 21.2. The Labute approximate surface area is 160 Å². The van der Waals surface area contributed by atoms with Gasteiger partial charge in [-0.2, -0.15) is 0 Å². The molecule has 0 aliphatic carbocycles. The molecule has 0 aliphatic rings. The molecule has 0 fully saturated rings. The summed E-state index contributed by atoms with van der Waals surface area (Å²) in [5, 5.41) is 0. The molecule has 0 saturated carbocycles. The number of methoxy groups -OCH3 is 2. The van der Waals surface area contributed by atoms with E-state index >= 15 is 0 Å². The van der Waals surface area contributed by atoms with Crippen molar-refractivity contribution >= 4 is 5.78 Å². The maximum Gasteiger partial charge on any atom is 0.174 e. The fraction of sp³-hybridized carbons (Fsp3) is 0.208. The summed E-state index contributed by atoms with van der Waals surface area (Å²) in [7, 11) is 3.26. The third-order valence-corrected chi connectivity index (χ3v) is 4.71. The van der Waals surface area contributed by atoms with Crippen LogP contribution in [0.1, 0.15) is 38.5 Å². The van der Waals surface area contributed by atoms with Gasteiger partial charge in [-0.3, -0.25) is 4.79 Å². The molecule has 27 heavy (non-hydrogen) atoms. The highest BCUT2D eigenvalue weighted by molar-refractivity contribution is 6.03. The Morgan fingerprint density at radius 3 is 1.67 bits per heavy atom. The minimum Gasteiger partial charge on any atom is -0.496 e. The van der Waals surface area contributed by atoms with Crippen LogP contribution in [-0.2, 0) is 0 Å². The first kappa shape index (κ1) is 18.7. The number of aryl methyl sites for hydroxylation is 2. The number of Topliss-reactive ketones (excluding diaryl/α,β-unsaturated/α-hetero) is 1. The van der Waals surface area contributed by atoms with Crippen LogP contribution in [0.25, 0.3) is 0 Å². The topological polar surface area (TPSA) is 35.5 Å². The molecule has 0 unspecified atom stereocenters. The Balaban J connectivity index is 2.27. The van der Waals surface area contributed by atoms with Gasteiger partial charge in [-0.05, 0) is 26.0 Å². The van der Waals surface area contributed by atoms with Gasteiger partial charge < -0.3 is 9.47 Å². The van der Waals surface area contributed by atoms with E-state index in [4.69, 9.17) is 9.47 Å². The van der Waals surface area contributed by atoms with E-state index in [0.717, 1.165) is 22.3 Å². The first-order chi connectivity index (χ1) is 13.0. The molecule has 3 heteroatoms. The van der Waals surface area contributed by atoms with Crippen LogP contribution >= 0.6 is 0 Å². The molecule has 0 radical (unpaired) electrons. The summed E-state index contributed by atoms with van der Waals surface area (Å²) in [6.07, 6.45) is 0. The van der Waals surface area contributed by atoms with E-state index in [1.54, 1.807) is 14.2 Å². The molecule has 0 aliphatic heterocycles. The predicted octanol–water partition coefficient (Wildman–Crippen LogP) is 5.34. The average Bonchev–Trinajstić information content (AvgIpc) is 2.69. The largest absolute Gasteiger partial charge is 0.496 e. The molecule has 0 aromatic heterocycles. The quantitative estimate of drug-likeness (QED) is 0.557. The van der Waals surface area contributed by atoms with Crippen molar-refractivity contribution in [3.8, 4) is 11.5 Å². The van der Waals surface area contributed by atoms with Crippen molar-refractivity contribution in [3.63, 3.8) is 0 Å². The highest BCUT2D eigenvalue weighted by atomic mass is 16.5. The second-order valence-electron chi connectivity index (χ2n) is 6.65. The van der Waals surface area contributed by atoms with E-state index < -0.39 is 5.92 Å². The average molecular weight is 360 g/mol. The highest BCUT2D eigenvalue weighted by Gasteiger charge is 2.29. The van der Waals surface area contributed by atoms with Gasteiger partial charge in [0.1, 0.15) is 11.5 Å². The second-order valence-corrected chi connectivity index (χ2v) is 6.65. The summed E-state index contributed by atoms with van der Waals surface area (Å²) in [5.74, 6) is 0.886. The standard InChI is InChI=1S/C24H24O3/c1-16-10-12-21(26-3)19(14-16)23(24(25)18-8-6-5-7-9-18)20-15-17(2)11-13-22(20)27-4/h5-15,23H,1-4H3. The summed E-state index contributed by atoms with van der Waals surface area (Å²) in [6.45, 7) is 4.03. The van der Waals surface area contributed by atoms with Crippen LogP contribution < -0.4 is 9.47 Å². The minimum atomic E-state index is -0.517. The SMILES string of the molecule is COc1ccc(C)cc1C(C(=O)c1ccccc1)c1cc(C)ccc1OC. The summed E-state index contributed by atoms with van der Waals surface area (Å²) in [4.78, 5) is 13.6. The van der Waals surface area contributed by atoms with Crippen LogP contribution in [0.5, 0.6) is 11.5 Å². The summed E-state index contributed by atoms with van der Waals surface area (Å²) >= 11 is 0. The third kappa shape index (κ3) is 3.87. The lowest BCUT2D eigenvalue weighted by Gasteiger charge is -2.22. The van der Waals surface area contributed by atoms with Gasteiger partial charge in [0.2, 0.25) is 0 Å². The zero-order valence-electron chi connectivity index (χ0n) is 16.2. The number of hydrogen-bond acceptors (Lipinski definition) is 3. The van der Waals surface area contributed by atoms with Crippen LogP contribution in [-0.4, -0.2) is 20.0 Å². The molecule has 0 saturated heterocycles. The van der Waals surface area contributed by atoms with Gasteiger partial charge in [0.05, 0.1) is 20.1 Å². The number of rotatable bonds is 6. The van der Waals surface area contributed by atoms with Gasteiger partial charge in [-0.25, -0.2) is 0 Å². The van der Waals surface area contributed by atoms with Crippen molar-refractivity contribution in [2.24, 2.45) is 0 Å². The molecule has 3 nitrogen and oxygen atoms in total. The van der Waals surface area contributed by atoms with Crippen LogP contribution in [0.15, 0.2) is 66.7 Å². The Bertz CT molecular complexity index is 892. The van der Waals surface area contributed by atoms with E-state index in [-0.39, 0.29) is 5.78 Å².